The molecule has 33 heavy (non-hydrogen) atoms. The average Bonchev–Trinajstić information content (AvgIpc) is 3.15. The molecule has 0 bridgehead atoms. The SMILES string of the molecule is COc1c(C)cc(COC(=O)C2CCCc3[nH]c4ccc(OCCC(C)C)cc4c32)cc1C. The standard InChI is InChI=1S/C28H35NO4/c1-17(2)11-12-32-21-9-10-24-23(15-21)26-22(7-6-8-25(26)29-24)28(30)33-16-20-13-18(3)27(31-5)19(4)14-20/h9-10,13-15,17,22,29H,6-8,11-12,16H2,1-5H3. The zero-order valence-electron chi connectivity index (χ0n) is 20.4. The van der Waals surface area contributed by atoms with Crippen molar-refractivity contribution >= 4 is 16.9 Å². The molecule has 0 aliphatic heterocycles. The monoisotopic (exact) mass is 449 g/mol. The predicted molar refractivity (Wildman–Crippen MR) is 131 cm³/mol. The van der Waals surface area contributed by atoms with Crippen LogP contribution in [0, 0.1) is 19.8 Å². The minimum Gasteiger partial charge on any atom is -0.496 e. The molecule has 3 aromatic rings. The van der Waals surface area contributed by atoms with Crippen molar-refractivity contribution < 1.29 is 19.0 Å². The van der Waals surface area contributed by atoms with E-state index in [2.05, 4.69) is 31.0 Å². The van der Waals surface area contributed by atoms with Gasteiger partial charge in [-0.3, -0.25) is 4.79 Å². The third kappa shape index (κ3) is 5.02. The molecule has 0 spiro atoms. The van der Waals surface area contributed by atoms with Crippen molar-refractivity contribution in [3.63, 3.8) is 0 Å². The van der Waals surface area contributed by atoms with Crippen LogP contribution in [0.3, 0.4) is 0 Å². The summed E-state index contributed by atoms with van der Waals surface area (Å²) in [7, 11) is 1.68. The highest BCUT2D eigenvalue weighted by molar-refractivity contribution is 5.92. The zero-order valence-corrected chi connectivity index (χ0v) is 20.4. The number of hydrogen-bond donors (Lipinski definition) is 1. The van der Waals surface area contributed by atoms with Gasteiger partial charge < -0.3 is 19.2 Å². The van der Waals surface area contributed by atoms with Gasteiger partial charge in [-0.15, -0.1) is 0 Å². The molecule has 1 heterocycles. The highest BCUT2D eigenvalue weighted by atomic mass is 16.5. The van der Waals surface area contributed by atoms with Crippen LogP contribution in [0.5, 0.6) is 11.5 Å². The zero-order chi connectivity index (χ0) is 23.5. The summed E-state index contributed by atoms with van der Waals surface area (Å²) in [6, 6.07) is 10.2. The van der Waals surface area contributed by atoms with Crippen LogP contribution in [0.2, 0.25) is 0 Å². The Morgan fingerprint density at radius 3 is 2.61 bits per heavy atom. The molecule has 1 aliphatic carbocycles. The summed E-state index contributed by atoms with van der Waals surface area (Å²) in [6.07, 6.45) is 3.74. The van der Waals surface area contributed by atoms with Gasteiger partial charge in [0.05, 0.1) is 19.6 Å². The Morgan fingerprint density at radius 2 is 1.91 bits per heavy atom. The second-order valence-electron chi connectivity index (χ2n) is 9.57. The number of carbonyl (C=O) groups is 1. The topological polar surface area (TPSA) is 60.5 Å². The fourth-order valence-corrected chi connectivity index (χ4v) is 4.91. The lowest BCUT2D eigenvalue weighted by atomic mass is 9.85. The fraction of sp³-hybridized carbons (Fsp3) is 0.464. The summed E-state index contributed by atoms with van der Waals surface area (Å²) in [5.41, 5.74) is 6.36. The third-order valence-electron chi connectivity index (χ3n) is 6.51. The maximum absolute atomic E-state index is 13.2. The van der Waals surface area contributed by atoms with Crippen LogP contribution in [0.4, 0.5) is 0 Å². The number of H-pyrrole nitrogens is 1. The van der Waals surface area contributed by atoms with Gasteiger partial charge in [-0.05, 0) is 98.0 Å². The second kappa shape index (κ2) is 9.90. The lowest BCUT2D eigenvalue weighted by molar-refractivity contribution is -0.147. The summed E-state index contributed by atoms with van der Waals surface area (Å²) in [5, 5.41) is 1.07. The van der Waals surface area contributed by atoms with E-state index in [-0.39, 0.29) is 18.5 Å². The molecular weight excluding hydrogens is 414 g/mol. The lowest BCUT2D eigenvalue weighted by Crippen LogP contribution is -2.20. The van der Waals surface area contributed by atoms with Gasteiger partial charge in [0, 0.05) is 16.6 Å². The van der Waals surface area contributed by atoms with Crippen molar-refractivity contribution in [2.75, 3.05) is 13.7 Å². The highest BCUT2D eigenvalue weighted by Crippen LogP contribution is 2.39. The van der Waals surface area contributed by atoms with Crippen molar-refractivity contribution in [3.8, 4) is 11.5 Å². The highest BCUT2D eigenvalue weighted by Gasteiger charge is 2.31. The van der Waals surface area contributed by atoms with Gasteiger partial charge in [-0.1, -0.05) is 13.8 Å². The van der Waals surface area contributed by atoms with Gasteiger partial charge in [-0.25, -0.2) is 0 Å². The Morgan fingerprint density at radius 1 is 1.15 bits per heavy atom. The summed E-state index contributed by atoms with van der Waals surface area (Å²) in [4.78, 5) is 16.7. The van der Waals surface area contributed by atoms with Gasteiger partial charge in [-0.2, -0.15) is 0 Å². The van der Waals surface area contributed by atoms with E-state index in [1.165, 1.54) is 0 Å². The Hall–Kier alpha value is -2.95. The van der Waals surface area contributed by atoms with Crippen LogP contribution in [-0.4, -0.2) is 24.7 Å². The van der Waals surface area contributed by atoms with Crippen LogP contribution in [0.1, 0.15) is 67.0 Å². The first-order chi connectivity index (χ1) is 15.9. The number of nitrogens with one attached hydrogen (secondary N) is 1. The molecule has 0 saturated heterocycles. The number of benzene rings is 2. The van der Waals surface area contributed by atoms with E-state index in [1.54, 1.807) is 7.11 Å². The van der Waals surface area contributed by atoms with Crippen LogP contribution in [0.15, 0.2) is 30.3 Å². The molecule has 0 radical (unpaired) electrons. The summed E-state index contributed by atoms with van der Waals surface area (Å²) < 4.78 is 17.3. The number of ether oxygens (including phenoxy) is 3. The summed E-state index contributed by atoms with van der Waals surface area (Å²) >= 11 is 0. The number of hydrogen-bond acceptors (Lipinski definition) is 4. The van der Waals surface area contributed by atoms with E-state index >= 15 is 0 Å². The molecule has 1 aromatic heterocycles. The van der Waals surface area contributed by atoms with Crippen molar-refractivity contribution in [2.45, 2.75) is 65.9 Å². The van der Waals surface area contributed by atoms with Crippen molar-refractivity contribution in [1.29, 1.82) is 0 Å². The quantitative estimate of drug-likeness (QED) is 0.405. The average molecular weight is 450 g/mol. The van der Waals surface area contributed by atoms with E-state index in [0.717, 1.165) is 76.0 Å². The van der Waals surface area contributed by atoms with Crippen LogP contribution in [-0.2, 0) is 22.6 Å². The Bertz CT molecular complexity index is 1120. The molecule has 5 nitrogen and oxygen atoms in total. The lowest BCUT2D eigenvalue weighted by Gasteiger charge is -2.22. The second-order valence-corrected chi connectivity index (χ2v) is 9.57. The largest absolute Gasteiger partial charge is 0.496 e. The molecule has 1 aliphatic rings. The maximum atomic E-state index is 13.2. The number of carbonyl (C=O) groups excluding carboxylic acids is 1. The minimum atomic E-state index is -0.256. The predicted octanol–water partition coefficient (Wildman–Crippen LogP) is 6.38. The van der Waals surface area contributed by atoms with E-state index in [9.17, 15) is 4.79 Å². The van der Waals surface area contributed by atoms with Crippen molar-refractivity contribution in [1.82, 2.24) is 4.98 Å². The van der Waals surface area contributed by atoms with Crippen molar-refractivity contribution in [2.24, 2.45) is 5.92 Å². The Kier molecular flexibility index (Phi) is 6.96. The van der Waals surface area contributed by atoms with E-state index in [0.29, 0.717) is 12.5 Å². The number of esters is 1. The molecule has 1 unspecified atom stereocenters. The van der Waals surface area contributed by atoms with Gasteiger partial charge >= 0.3 is 5.97 Å². The molecule has 1 atom stereocenters. The Labute approximate surface area is 196 Å². The third-order valence-corrected chi connectivity index (χ3v) is 6.51. The smallest absolute Gasteiger partial charge is 0.313 e. The molecule has 5 heteroatoms. The van der Waals surface area contributed by atoms with Gasteiger partial charge in [0.1, 0.15) is 18.1 Å². The number of aryl methyl sites for hydroxylation is 3. The maximum Gasteiger partial charge on any atom is 0.313 e. The van der Waals surface area contributed by atoms with E-state index < -0.39 is 0 Å². The number of aromatic nitrogens is 1. The molecular formula is C28H35NO4. The fourth-order valence-electron chi connectivity index (χ4n) is 4.91. The molecule has 4 rings (SSSR count). The number of aromatic amines is 1. The first-order valence-corrected chi connectivity index (χ1v) is 12.0. The number of fused-ring (bicyclic) bond motifs is 3. The summed E-state index contributed by atoms with van der Waals surface area (Å²) in [5.74, 6) is 1.92. The van der Waals surface area contributed by atoms with Gasteiger partial charge in [0.25, 0.3) is 0 Å². The molecule has 0 fully saturated rings. The first-order valence-electron chi connectivity index (χ1n) is 12.0. The molecule has 176 valence electrons. The molecule has 0 amide bonds. The Balaban J connectivity index is 1.53. The van der Waals surface area contributed by atoms with Crippen LogP contribution < -0.4 is 9.47 Å². The van der Waals surface area contributed by atoms with Gasteiger partial charge in [0.15, 0.2) is 0 Å². The molecule has 1 N–H and O–H groups in total. The van der Waals surface area contributed by atoms with E-state index in [1.807, 2.05) is 32.0 Å². The molecule has 2 aromatic carbocycles. The van der Waals surface area contributed by atoms with Crippen molar-refractivity contribution in [3.05, 3.63) is 58.3 Å². The van der Waals surface area contributed by atoms with Gasteiger partial charge in [0.2, 0.25) is 0 Å². The number of methoxy groups -OCH3 is 1. The summed E-state index contributed by atoms with van der Waals surface area (Å²) in [6.45, 7) is 9.37. The van der Waals surface area contributed by atoms with Crippen LogP contribution in [0.25, 0.3) is 10.9 Å². The first kappa shape index (κ1) is 23.2. The van der Waals surface area contributed by atoms with E-state index in [4.69, 9.17) is 14.2 Å². The molecule has 0 saturated carbocycles. The number of rotatable bonds is 8. The minimum absolute atomic E-state index is 0.158. The van der Waals surface area contributed by atoms with Crippen LogP contribution >= 0.6 is 0 Å². The normalized spacial score (nSPS) is 15.5.